The minimum Gasteiger partial charge on any atom is -0.460 e. The first-order valence-electron chi connectivity index (χ1n) is 5.32. The molecule has 0 aliphatic carbocycles. The second-order valence-electron chi connectivity index (χ2n) is 4.39. The summed E-state index contributed by atoms with van der Waals surface area (Å²) in [5.41, 5.74) is -0.357. The van der Waals surface area contributed by atoms with Crippen molar-refractivity contribution in [1.29, 1.82) is 0 Å². The van der Waals surface area contributed by atoms with Gasteiger partial charge in [-0.2, -0.15) is 0 Å². The number of rotatable bonds is 5. The van der Waals surface area contributed by atoms with Gasteiger partial charge in [0.05, 0.1) is 0 Å². The van der Waals surface area contributed by atoms with Gasteiger partial charge in [0, 0.05) is 6.42 Å². The first kappa shape index (κ1) is 13.2. The molecule has 0 aromatic carbocycles. The molecule has 0 saturated heterocycles. The van der Waals surface area contributed by atoms with Crippen LogP contribution in [-0.2, 0) is 9.53 Å². The normalized spacial score (nSPS) is 12.0. The van der Waals surface area contributed by atoms with Crippen molar-refractivity contribution < 1.29 is 9.53 Å². The van der Waals surface area contributed by atoms with Crippen molar-refractivity contribution in [2.45, 2.75) is 59.0 Å². The average Bonchev–Trinajstić information content (AvgIpc) is 2.00. The maximum absolute atomic E-state index is 11.2. The molecule has 14 heavy (non-hydrogen) atoms. The van der Waals surface area contributed by atoms with Crippen LogP contribution in [0.15, 0.2) is 12.2 Å². The number of hydrogen-bond acceptors (Lipinski definition) is 2. The van der Waals surface area contributed by atoms with E-state index in [1.807, 2.05) is 26.8 Å². The maximum Gasteiger partial charge on any atom is 0.306 e. The van der Waals surface area contributed by atoms with Crippen LogP contribution in [0.25, 0.3) is 0 Å². The van der Waals surface area contributed by atoms with Gasteiger partial charge in [-0.15, -0.1) is 0 Å². The zero-order valence-electron chi connectivity index (χ0n) is 9.80. The number of allylic oxidation sites excluding steroid dienone is 2. The average molecular weight is 198 g/mol. The highest BCUT2D eigenvalue weighted by Crippen LogP contribution is 2.09. The number of esters is 1. The molecule has 0 rings (SSSR count). The summed E-state index contributed by atoms with van der Waals surface area (Å²) in [7, 11) is 0. The van der Waals surface area contributed by atoms with Crippen LogP contribution < -0.4 is 0 Å². The van der Waals surface area contributed by atoms with E-state index < -0.39 is 0 Å². The summed E-state index contributed by atoms with van der Waals surface area (Å²) in [6, 6.07) is 0. The third kappa shape index (κ3) is 9.30. The third-order valence-corrected chi connectivity index (χ3v) is 1.56. The standard InChI is InChI=1S/C12H22O2/c1-5-6-7-8-9-10-11(13)14-12(2,3)4/h7-8H,5-6,9-10H2,1-4H3/b8-7-. The minimum absolute atomic E-state index is 0.112. The molecule has 0 N–H and O–H groups in total. The van der Waals surface area contributed by atoms with Crippen LogP contribution in [0.4, 0.5) is 0 Å². The number of hydrogen-bond donors (Lipinski definition) is 0. The van der Waals surface area contributed by atoms with E-state index in [9.17, 15) is 4.79 Å². The summed E-state index contributed by atoms with van der Waals surface area (Å²) in [6.07, 6.45) is 7.68. The van der Waals surface area contributed by atoms with Gasteiger partial charge in [0.1, 0.15) is 5.60 Å². The Morgan fingerprint density at radius 2 is 1.79 bits per heavy atom. The fraction of sp³-hybridized carbons (Fsp3) is 0.750. The number of ether oxygens (including phenoxy) is 1. The third-order valence-electron chi connectivity index (χ3n) is 1.56. The van der Waals surface area contributed by atoms with Crippen molar-refractivity contribution in [3.63, 3.8) is 0 Å². The highest BCUT2D eigenvalue weighted by atomic mass is 16.6. The lowest BCUT2D eigenvalue weighted by Gasteiger charge is -2.19. The van der Waals surface area contributed by atoms with E-state index in [2.05, 4.69) is 13.0 Å². The van der Waals surface area contributed by atoms with Crippen molar-refractivity contribution in [2.24, 2.45) is 0 Å². The SMILES string of the molecule is CCC/C=C\CCC(=O)OC(C)(C)C. The molecule has 2 nitrogen and oxygen atoms in total. The lowest BCUT2D eigenvalue weighted by atomic mass is 10.2. The zero-order valence-corrected chi connectivity index (χ0v) is 9.80. The summed E-state index contributed by atoms with van der Waals surface area (Å²) in [6.45, 7) is 7.80. The van der Waals surface area contributed by atoms with Gasteiger partial charge in [-0.3, -0.25) is 4.79 Å². The van der Waals surface area contributed by atoms with Gasteiger partial charge in [-0.25, -0.2) is 0 Å². The number of unbranched alkanes of at least 4 members (excludes halogenated alkanes) is 1. The Labute approximate surface area is 87.3 Å². The van der Waals surface area contributed by atoms with Crippen molar-refractivity contribution in [3.05, 3.63) is 12.2 Å². The Morgan fingerprint density at radius 1 is 1.21 bits per heavy atom. The fourth-order valence-electron chi connectivity index (χ4n) is 0.996. The highest BCUT2D eigenvalue weighted by Gasteiger charge is 2.14. The first-order valence-corrected chi connectivity index (χ1v) is 5.32. The van der Waals surface area contributed by atoms with Crippen LogP contribution in [-0.4, -0.2) is 11.6 Å². The van der Waals surface area contributed by atoms with Gasteiger partial charge in [-0.1, -0.05) is 25.5 Å². The molecule has 0 aliphatic rings. The predicted molar refractivity (Wildman–Crippen MR) is 59.1 cm³/mol. The highest BCUT2D eigenvalue weighted by molar-refractivity contribution is 5.69. The molecule has 0 aromatic rings. The fourth-order valence-corrected chi connectivity index (χ4v) is 0.996. The van der Waals surface area contributed by atoms with E-state index in [0.29, 0.717) is 6.42 Å². The molecular formula is C12H22O2. The lowest BCUT2D eigenvalue weighted by molar-refractivity contribution is -0.154. The summed E-state index contributed by atoms with van der Waals surface area (Å²) in [5.74, 6) is -0.112. The molecule has 0 bridgehead atoms. The Morgan fingerprint density at radius 3 is 2.29 bits per heavy atom. The number of carbonyl (C=O) groups excluding carboxylic acids is 1. The molecule has 0 saturated carbocycles. The predicted octanol–water partition coefficient (Wildman–Crippen LogP) is 3.46. The lowest BCUT2D eigenvalue weighted by Crippen LogP contribution is -2.23. The van der Waals surface area contributed by atoms with Gasteiger partial charge in [-0.05, 0) is 33.6 Å². The monoisotopic (exact) mass is 198 g/mol. The topological polar surface area (TPSA) is 26.3 Å². The van der Waals surface area contributed by atoms with Gasteiger partial charge >= 0.3 is 5.97 Å². The smallest absolute Gasteiger partial charge is 0.306 e. The maximum atomic E-state index is 11.2. The molecule has 0 amide bonds. The number of carbonyl (C=O) groups is 1. The van der Waals surface area contributed by atoms with E-state index in [-0.39, 0.29) is 11.6 Å². The van der Waals surface area contributed by atoms with Crippen LogP contribution in [0.1, 0.15) is 53.4 Å². The summed E-state index contributed by atoms with van der Waals surface area (Å²) in [4.78, 5) is 11.2. The summed E-state index contributed by atoms with van der Waals surface area (Å²) >= 11 is 0. The minimum atomic E-state index is -0.357. The second kappa shape index (κ2) is 6.63. The molecule has 2 heteroatoms. The Bertz CT molecular complexity index is 187. The quantitative estimate of drug-likeness (QED) is 0.499. The zero-order chi connectivity index (χ0) is 11.0. The largest absolute Gasteiger partial charge is 0.460 e. The Balaban J connectivity index is 3.55. The van der Waals surface area contributed by atoms with E-state index >= 15 is 0 Å². The van der Waals surface area contributed by atoms with E-state index in [0.717, 1.165) is 19.3 Å². The first-order chi connectivity index (χ1) is 6.45. The summed E-state index contributed by atoms with van der Waals surface area (Å²) < 4.78 is 5.17. The molecule has 0 unspecified atom stereocenters. The Hall–Kier alpha value is -0.790. The molecule has 0 aliphatic heterocycles. The van der Waals surface area contributed by atoms with Crippen molar-refractivity contribution in [1.82, 2.24) is 0 Å². The molecule has 0 aromatic heterocycles. The van der Waals surface area contributed by atoms with Crippen LogP contribution in [0.5, 0.6) is 0 Å². The van der Waals surface area contributed by atoms with Crippen molar-refractivity contribution in [2.75, 3.05) is 0 Å². The summed E-state index contributed by atoms with van der Waals surface area (Å²) in [5, 5.41) is 0. The Kier molecular flexibility index (Phi) is 6.26. The second-order valence-corrected chi connectivity index (χ2v) is 4.39. The van der Waals surface area contributed by atoms with Crippen LogP contribution in [0.2, 0.25) is 0 Å². The van der Waals surface area contributed by atoms with Gasteiger partial charge in [0.2, 0.25) is 0 Å². The van der Waals surface area contributed by atoms with Crippen LogP contribution in [0, 0.1) is 0 Å². The molecule has 0 radical (unpaired) electrons. The molecule has 82 valence electrons. The molecule has 0 fully saturated rings. The van der Waals surface area contributed by atoms with Crippen LogP contribution >= 0.6 is 0 Å². The van der Waals surface area contributed by atoms with Crippen molar-refractivity contribution in [3.8, 4) is 0 Å². The van der Waals surface area contributed by atoms with Crippen LogP contribution in [0.3, 0.4) is 0 Å². The molecule has 0 spiro atoms. The van der Waals surface area contributed by atoms with E-state index in [1.54, 1.807) is 0 Å². The molecular weight excluding hydrogens is 176 g/mol. The van der Waals surface area contributed by atoms with Gasteiger partial charge in [0.25, 0.3) is 0 Å². The van der Waals surface area contributed by atoms with Gasteiger partial charge in [0.15, 0.2) is 0 Å². The molecule has 0 heterocycles. The van der Waals surface area contributed by atoms with Crippen molar-refractivity contribution >= 4 is 5.97 Å². The van der Waals surface area contributed by atoms with Gasteiger partial charge < -0.3 is 4.74 Å². The van der Waals surface area contributed by atoms with E-state index in [4.69, 9.17) is 4.74 Å². The molecule has 0 atom stereocenters. The van der Waals surface area contributed by atoms with E-state index in [1.165, 1.54) is 0 Å².